The topological polar surface area (TPSA) is 52.5 Å². The van der Waals surface area contributed by atoms with Gasteiger partial charge in [-0.25, -0.2) is 0 Å². The molecule has 22 heavy (non-hydrogen) atoms. The van der Waals surface area contributed by atoms with Crippen LogP contribution in [-0.4, -0.2) is 53.4 Å². The standard InChI is InChI=1S/C17H20N4O/c1-20-8-13-10-21(11-14(13)9-20)17-6-5-16(18-19-17)12-3-2-4-15(22)7-12/h2-7,13-14,22H,8-11H2,1H3. The van der Waals surface area contributed by atoms with E-state index < -0.39 is 0 Å². The third-order valence-electron chi connectivity index (χ3n) is 4.79. The summed E-state index contributed by atoms with van der Waals surface area (Å²) in [4.78, 5) is 4.77. The predicted molar refractivity (Wildman–Crippen MR) is 85.8 cm³/mol. The molecule has 0 spiro atoms. The van der Waals surface area contributed by atoms with Crippen molar-refractivity contribution >= 4 is 5.82 Å². The molecule has 3 heterocycles. The molecule has 0 amide bonds. The molecule has 0 radical (unpaired) electrons. The monoisotopic (exact) mass is 296 g/mol. The smallest absolute Gasteiger partial charge is 0.151 e. The van der Waals surface area contributed by atoms with Crippen LogP contribution in [0.15, 0.2) is 36.4 Å². The summed E-state index contributed by atoms with van der Waals surface area (Å²) in [5.74, 6) is 2.73. The lowest BCUT2D eigenvalue weighted by Gasteiger charge is -2.19. The Balaban J connectivity index is 1.51. The van der Waals surface area contributed by atoms with Crippen LogP contribution in [0.1, 0.15) is 0 Å². The molecule has 5 nitrogen and oxygen atoms in total. The number of anilines is 1. The molecule has 0 aliphatic carbocycles. The van der Waals surface area contributed by atoms with Gasteiger partial charge in [-0.05, 0) is 43.1 Å². The normalized spacial score (nSPS) is 24.7. The van der Waals surface area contributed by atoms with Crippen LogP contribution in [0.25, 0.3) is 11.3 Å². The number of hydrogen-bond donors (Lipinski definition) is 1. The van der Waals surface area contributed by atoms with Crippen LogP contribution in [0.5, 0.6) is 5.75 Å². The molecule has 114 valence electrons. The van der Waals surface area contributed by atoms with E-state index in [1.54, 1.807) is 12.1 Å². The van der Waals surface area contributed by atoms with E-state index in [1.807, 2.05) is 24.3 Å². The van der Waals surface area contributed by atoms with Gasteiger partial charge in [0, 0.05) is 31.7 Å². The van der Waals surface area contributed by atoms with E-state index in [1.165, 1.54) is 13.1 Å². The fourth-order valence-electron chi connectivity index (χ4n) is 3.73. The van der Waals surface area contributed by atoms with E-state index in [0.717, 1.165) is 42.0 Å². The van der Waals surface area contributed by atoms with E-state index in [2.05, 4.69) is 27.0 Å². The van der Waals surface area contributed by atoms with Crippen LogP contribution < -0.4 is 4.90 Å². The summed E-state index contributed by atoms with van der Waals surface area (Å²) in [5, 5.41) is 18.3. The van der Waals surface area contributed by atoms with Gasteiger partial charge >= 0.3 is 0 Å². The van der Waals surface area contributed by atoms with E-state index in [0.29, 0.717) is 0 Å². The summed E-state index contributed by atoms with van der Waals surface area (Å²) in [5.41, 5.74) is 1.68. The summed E-state index contributed by atoms with van der Waals surface area (Å²) in [6.07, 6.45) is 0. The maximum atomic E-state index is 9.55. The lowest BCUT2D eigenvalue weighted by molar-refractivity contribution is 0.387. The summed E-state index contributed by atoms with van der Waals surface area (Å²) in [6, 6.07) is 11.1. The molecule has 1 aromatic heterocycles. The number of likely N-dealkylation sites (tertiary alicyclic amines) is 1. The number of aromatic nitrogens is 2. The first-order chi connectivity index (χ1) is 10.7. The van der Waals surface area contributed by atoms with Crippen molar-refractivity contribution in [2.75, 3.05) is 38.1 Å². The Labute approximate surface area is 130 Å². The number of nitrogens with zero attached hydrogens (tertiary/aromatic N) is 4. The van der Waals surface area contributed by atoms with Crippen LogP contribution >= 0.6 is 0 Å². The highest BCUT2D eigenvalue weighted by molar-refractivity contribution is 5.61. The molecule has 1 N–H and O–H groups in total. The summed E-state index contributed by atoms with van der Waals surface area (Å²) >= 11 is 0. The minimum absolute atomic E-state index is 0.250. The highest BCUT2D eigenvalue weighted by atomic mass is 16.3. The van der Waals surface area contributed by atoms with E-state index in [-0.39, 0.29) is 5.75 Å². The molecule has 2 aliphatic heterocycles. The fraction of sp³-hybridized carbons (Fsp3) is 0.412. The van der Waals surface area contributed by atoms with Crippen LogP contribution in [0.2, 0.25) is 0 Å². The maximum Gasteiger partial charge on any atom is 0.151 e. The number of fused-ring (bicyclic) bond motifs is 1. The average molecular weight is 296 g/mol. The maximum absolute atomic E-state index is 9.55. The molecule has 4 rings (SSSR count). The van der Waals surface area contributed by atoms with E-state index in [9.17, 15) is 5.11 Å². The van der Waals surface area contributed by atoms with E-state index >= 15 is 0 Å². The van der Waals surface area contributed by atoms with Crippen molar-refractivity contribution in [1.29, 1.82) is 0 Å². The highest BCUT2D eigenvalue weighted by Gasteiger charge is 2.39. The third kappa shape index (κ3) is 2.41. The first-order valence-electron chi connectivity index (χ1n) is 7.75. The molecular weight excluding hydrogens is 276 g/mol. The third-order valence-corrected chi connectivity index (χ3v) is 4.79. The molecular formula is C17H20N4O. The molecule has 2 atom stereocenters. The molecule has 2 aliphatic rings. The van der Waals surface area contributed by atoms with Crippen molar-refractivity contribution in [3.8, 4) is 17.0 Å². The summed E-state index contributed by atoms with van der Waals surface area (Å²) in [7, 11) is 2.20. The Kier molecular flexibility index (Phi) is 3.22. The number of phenolic OH excluding ortho intramolecular Hbond substituents is 1. The molecule has 5 heteroatoms. The van der Waals surface area contributed by atoms with Gasteiger partial charge in [0.25, 0.3) is 0 Å². The lowest BCUT2D eigenvalue weighted by Crippen LogP contribution is -2.27. The lowest BCUT2D eigenvalue weighted by atomic mass is 10.0. The average Bonchev–Trinajstić information content (AvgIpc) is 3.05. The van der Waals surface area contributed by atoms with Gasteiger partial charge < -0.3 is 14.9 Å². The van der Waals surface area contributed by atoms with Crippen molar-refractivity contribution < 1.29 is 5.11 Å². The molecule has 2 unspecified atom stereocenters. The summed E-state index contributed by atoms with van der Waals surface area (Å²) < 4.78 is 0. The van der Waals surface area contributed by atoms with Crippen molar-refractivity contribution in [2.24, 2.45) is 11.8 Å². The van der Waals surface area contributed by atoms with Crippen LogP contribution in [0.4, 0.5) is 5.82 Å². The minimum Gasteiger partial charge on any atom is -0.508 e. The number of hydrogen-bond acceptors (Lipinski definition) is 5. The minimum atomic E-state index is 0.250. The fourth-order valence-corrected chi connectivity index (χ4v) is 3.73. The second kappa shape index (κ2) is 5.25. The molecule has 0 saturated carbocycles. The summed E-state index contributed by atoms with van der Waals surface area (Å²) in [6.45, 7) is 4.54. The Morgan fingerprint density at radius 3 is 2.41 bits per heavy atom. The molecule has 2 aromatic rings. The molecule has 1 aromatic carbocycles. The van der Waals surface area contributed by atoms with Crippen LogP contribution in [0, 0.1) is 11.8 Å². The van der Waals surface area contributed by atoms with Crippen molar-refractivity contribution in [2.45, 2.75) is 0 Å². The van der Waals surface area contributed by atoms with Gasteiger partial charge in [0.1, 0.15) is 5.75 Å². The zero-order valence-electron chi connectivity index (χ0n) is 12.7. The van der Waals surface area contributed by atoms with Crippen LogP contribution in [-0.2, 0) is 0 Å². The second-order valence-electron chi connectivity index (χ2n) is 6.47. The van der Waals surface area contributed by atoms with Crippen LogP contribution in [0.3, 0.4) is 0 Å². The second-order valence-corrected chi connectivity index (χ2v) is 6.47. The Morgan fingerprint density at radius 1 is 1.00 bits per heavy atom. The molecule has 2 saturated heterocycles. The van der Waals surface area contributed by atoms with Crippen molar-refractivity contribution in [3.63, 3.8) is 0 Å². The first-order valence-corrected chi connectivity index (χ1v) is 7.75. The van der Waals surface area contributed by atoms with Crippen molar-refractivity contribution in [3.05, 3.63) is 36.4 Å². The van der Waals surface area contributed by atoms with Gasteiger partial charge in [-0.1, -0.05) is 12.1 Å². The predicted octanol–water partition coefficient (Wildman–Crippen LogP) is 1.85. The van der Waals surface area contributed by atoms with Gasteiger partial charge in [0.15, 0.2) is 5.82 Å². The number of benzene rings is 1. The largest absolute Gasteiger partial charge is 0.508 e. The Hall–Kier alpha value is -2.14. The Morgan fingerprint density at radius 2 is 1.77 bits per heavy atom. The van der Waals surface area contributed by atoms with Gasteiger partial charge in [-0.15, -0.1) is 10.2 Å². The highest BCUT2D eigenvalue weighted by Crippen LogP contribution is 2.32. The van der Waals surface area contributed by atoms with Gasteiger partial charge in [0.05, 0.1) is 5.69 Å². The van der Waals surface area contributed by atoms with Gasteiger partial charge in [-0.2, -0.15) is 0 Å². The molecule has 0 bridgehead atoms. The zero-order valence-corrected chi connectivity index (χ0v) is 12.7. The number of rotatable bonds is 2. The van der Waals surface area contributed by atoms with E-state index in [4.69, 9.17) is 0 Å². The zero-order chi connectivity index (χ0) is 15.1. The van der Waals surface area contributed by atoms with Gasteiger partial charge in [-0.3, -0.25) is 0 Å². The Bertz CT molecular complexity index is 659. The number of phenols is 1. The number of aromatic hydroxyl groups is 1. The quantitative estimate of drug-likeness (QED) is 0.916. The SMILES string of the molecule is CN1CC2CN(c3ccc(-c4cccc(O)c4)nn3)CC2C1. The first kappa shape index (κ1) is 13.5. The van der Waals surface area contributed by atoms with Gasteiger partial charge in [0.2, 0.25) is 0 Å². The molecule has 2 fully saturated rings. The van der Waals surface area contributed by atoms with Crippen molar-refractivity contribution in [1.82, 2.24) is 15.1 Å².